The largest absolute Gasteiger partial charge is 0.454 e. The molecule has 2 aliphatic heterocycles. The molecular weight excluding hydrogens is 308 g/mol. The molecule has 1 fully saturated rings. The van der Waals surface area contributed by atoms with Crippen LogP contribution in [0.15, 0.2) is 48.5 Å². The number of imide groups is 1. The van der Waals surface area contributed by atoms with E-state index in [2.05, 4.69) is 5.32 Å². The zero-order valence-corrected chi connectivity index (χ0v) is 12.9. The lowest BCUT2D eigenvalue weighted by Gasteiger charge is -2.15. The highest BCUT2D eigenvalue weighted by Crippen LogP contribution is 2.32. The van der Waals surface area contributed by atoms with E-state index in [1.54, 1.807) is 12.1 Å². The van der Waals surface area contributed by atoms with Gasteiger partial charge in [0.1, 0.15) is 0 Å². The first kappa shape index (κ1) is 14.7. The van der Waals surface area contributed by atoms with E-state index in [1.807, 2.05) is 36.4 Å². The molecule has 0 bridgehead atoms. The molecule has 0 aliphatic carbocycles. The van der Waals surface area contributed by atoms with Gasteiger partial charge < -0.3 is 14.8 Å². The maximum Gasteiger partial charge on any atom is 0.251 e. The van der Waals surface area contributed by atoms with Crippen molar-refractivity contribution in [3.05, 3.63) is 54.1 Å². The third-order valence-corrected chi connectivity index (χ3v) is 4.15. The van der Waals surface area contributed by atoms with E-state index < -0.39 is 6.04 Å². The fourth-order valence-electron chi connectivity index (χ4n) is 2.93. The van der Waals surface area contributed by atoms with Gasteiger partial charge in [0.25, 0.3) is 5.91 Å². The summed E-state index contributed by atoms with van der Waals surface area (Å²) in [6, 6.07) is 14.1. The van der Waals surface area contributed by atoms with Crippen molar-refractivity contribution in [3.63, 3.8) is 0 Å². The SMILES string of the molecule is O=C1CC(NCc2ccc3c(c2)OCO3)C(=O)N1c1ccccc1. The van der Waals surface area contributed by atoms with Crippen molar-refractivity contribution < 1.29 is 19.1 Å². The molecule has 1 saturated heterocycles. The fraction of sp³-hybridized carbons (Fsp3) is 0.222. The first-order chi connectivity index (χ1) is 11.7. The van der Waals surface area contributed by atoms with Crippen molar-refractivity contribution in [2.24, 2.45) is 0 Å². The molecule has 2 heterocycles. The van der Waals surface area contributed by atoms with Crippen molar-refractivity contribution in [1.82, 2.24) is 5.32 Å². The summed E-state index contributed by atoms with van der Waals surface area (Å²) < 4.78 is 10.6. The number of hydrogen-bond donors (Lipinski definition) is 1. The van der Waals surface area contributed by atoms with E-state index in [0.717, 1.165) is 11.3 Å². The van der Waals surface area contributed by atoms with E-state index in [9.17, 15) is 9.59 Å². The molecule has 2 aromatic carbocycles. The predicted molar refractivity (Wildman–Crippen MR) is 86.7 cm³/mol. The number of ether oxygens (including phenoxy) is 2. The van der Waals surface area contributed by atoms with Crippen LogP contribution < -0.4 is 19.7 Å². The number of nitrogens with one attached hydrogen (secondary N) is 1. The average Bonchev–Trinajstić information content (AvgIpc) is 3.17. The van der Waals surface area contributed by atoms with Crippen LogP contribution in [0.4, 0.5) is 5.69 Å². The number of benzene rings is 2. The number of carbonyl (C=O) groups excluding carboxylic acids is 2. The molecule has 2 aromatic rings. The van der Waals surface area contributed by atoms with Crippen LogP contribution in [0.3, 0.4) is 0 Å². The molecule has 1 N–H and O–H groups in total. The Balaban J connectivity index is 1.44. The van der Waals surface area contributed by atoms with Crippen molar-refractivity contribution in [1.29, 1.82) is 0 Å². The molecule has 6 heteroatoms. The lowest BCUT2D eigenvalue weighted by molar-refractivity contribution is -0.121. The number of carbonyl (C=O) groups is 2. The summed E-state index contributed by atoms with van der Waals surface area (Å²) in [7, 11) is 0. The minimum atomic E-state index is -0.511. The highest BCUT2D eigenvalue weighted by molar-refractivity contribution is 6.22. The van der Waals surface area contributed by atoms with Gasteiger partial charge in [0.2, 0.25) is 12.7 Å². The standard InChI is InChI=1S/C18H16N2O4/c21-17-9-14(18(22)20(17)13-4-2-1-3-5-13)19-10-12-6-7-15-16(8-12)24-11-23-15/h1-8,14,19H,9-11H2. The Bertz CT molecular complexity index is 791. The minimum absolute atomic E-state index is 0.165. The number of anilines is 1. The molecule has 0 aromatic heterocycles. The molecule has 6 nitrogen and oxygen atoms in total. The molecule has 122 valence electrons. The highest BCUT2D eigenvalue weighted by atomic mass is 16.7. The lowest BCUT2D eigenvalue weighted by atomic mass is 10.1. The van der Waals surface area contributed by atoms with Crippen molar-refractivity contribution in [2.75, 3.05) is 11.7 Å². The smallest absolute Gasteiger partial charge is 0.251 e. The van der Waals surface area contributed by atoms with Crippen molar-refractivity contribution in [3.8, 4) is 11.5 Å². The number of amides is 2. The second-order valence-electron chi connectivity index (χ2n) is 5.73. The summed E-state index contributed by atoms with van der Waals surface area (Å²) in [6.45, 7) is 0.705. The van der Waals surface area contributed by atoms with Gasteiger partial charge in [-0.1, -0.05) is 24.3 Å². The number of fused-ring (bicyclic) bond motifs is 1. The third-order valence-electron chi connectivity index (χ3n) is 4.15. The topological polar surface area (TPSA) is 67.9 Å². The Labute approximate surface area is 139 Å². The molecule has 0 saturated carbocycles. The van der Waals surface area contributed by atoms with Crippen LogP contribution in [0.1, 0.15) is 12.0 Å². The lowest BCUT2D eigenvalue weighted by Crippen LogP contribution is -2.38. The summed E-state index contributed by atoms with van der Waals surface area (Å²) >= 11 is 0. The normalized spacial score (nSPS) is 19.2. The monoisotopic (exact) mass is 324 g/mol. The van der Waals surface area contributed by atoms with Gasteiger partial charge in [-0.05, 0) is 29.8 Å². The summed E-state index contributed by atoms with van der Waals surface area (Å²) in [5, 5.41) is 3.16. The quantitative estimate of drug-likeness (QED) is 0.869. The van der Waals surface area contributed by atoms with Gasteiger partial charge in [-0.3, -0.25) is 9.59 Å². The number of hydrogen-bond acceptors (Lipinski definition) is 5. The van der Waals surface area contributed by atoms with E-state index in [-0.39, 0.29) is 25.0 Å². The first-order valence-electron chi connectivity index (χ1n) is 7.76. The molecule has 0 radical (unpaired) electrons. The molecule has 1 atom stereocenters. The average molecular weight is 324 g/mol. The van der Waals surface area contributed by atoms with Gasteiger partial charge in [-0.15, -0.1) is 0 Å². The van der Waals surface area contributed by atoms with Crippen LogP contribution in [0.2, 0.25) is 0 Å². The fourth-order valence-corrected chi connectivity index (χ4v) is 2.93. The maximum atomic E-state index is 12.5. The zero-order valence-electron chi connectivity index (χ0n) is 12.9. The summed E-state index contributed by atoms with van der Waals surface area (Å²) in [6.07, 6.45) is 0.165. The Morgan fingerprint density at radius 2 is 1.83 bits per heavy atom. The molecule has 1 unspecified atom stereocenters. The van der Waals surface area contributed by atoms with Crippen LogP contribution in [-0.2, 0) is 16.1 Å². The van der Waals surface area contributed by atoms with Crippen LogP contribution >= 0.6 is 0 Å². The van der Waals surface area contributed by atoms with Gasteiger partial charge in [-0.2, -0.15) is 0 Å². The van der Waals surface area contributed by atoms with E-state index in [4.69, 9.17) is 9.47 Å². The second kappa shape index (κ2) is 5.98. The van der Waals surface area contributed by atoms with Gasteiger partial charge in [0.05, 0.1) is 18.2 Å². The summed E-state index contributed by atoms with van der Waals surface area (Å²) in [5.74, 6) is 1.02. The predicted octanol–water partition coefficient (Wildman–Crippen LogP) is 1.84. The van der Waals surface area contributed by atoms with Crippen LogP contribution in [0.5, 0.6) is 11.5 Å². The second-order valence-corrected chi connectivity index (χ2v) is 5.73. The van der Waals surface area contributed by atoms with Gasteiger partial charge in [0.15, 0.2) is 11.5 Å². The van der Waals surface area contributed by atoms with Gasteiger partial charge in [-0.25, -0.2) is 4.90 Å². The van der Waals surface area contributed by atoms with Crippen LogP contribution in [0.25, 0.3) is 0 Å². The van der Waals surface area contributed by atoms with Crippen LogP contribution in [-0.4, -0.2) is 24.6 Å². The number of nitrogens with zero attached hydrogens (tertiary/aromatic N) is 1. The molecular formula is C18H16N2O4. The molecule has 0 spiro atoms. The molecule has 24 heavy (non-hydrogen) atoms. The van der Waals surface area contributed by atoms with Gasteiger partial charge >= 0.3 is 0 Å². The van der Waals surface area contributed by atoms with Gasteiger partial charge in [0, 0.05) is 6.54 Å². The molecule has 4 rings (SSSR count). The Morgan fingerprint density at radius 3 is 2.67 bits per heavy atom. The molecule has 2 amide bonds. The summed E-state index contributed by atoms with van der Waals surface area (Å²) in [5.41, 5.74) is 1.58. The first-order valence-corrected chi connectivity index (χ1v) is 7.76. The van der Waals surface area contributed by atoms with E-state index in [1.165, 1.54) is 4.90 Å². The van der Waals surface area contributed by atoms with Crippen molar-refractivity contribution in [2.45, 2.75) is 19.0 Å². The van der Waals surface area contributed by atoms with Crippen molar-refractivity contribution >= 4 is 17.5 Å². The zero-order chi connectivity index (χ0) is 16.5. The Kier molecular flexibility index (Phi) is 3.66. The number of para-hydroxylation sites is 1. The number of rotatable bonds is 4. The molecule has 2 aliphatic rings. The van der Waals surface area contributed by atoms with Crippen LogP contribution in [0, 0.1) is 0 Å². The maximum absolute atomic E-state index is 12.5. The minimum Gasteiger partial charge on any atom is -0.454 e. The third kappa shape index (κ3) is 2.61. The Morgan fingerprint density at radius 1 is 1.04 bits per heavy atom. The van der Waals surface area contributed by atoms with E-state index >= 15 is 0 Å². The van der Waals surface area contributed by atoms with E-state index in [0.29, 0.717) is 18.0 Å². The Hall–Kier alpha value is -2.86. The highest BCUT2D eigenvalue weighted by Gasteiger charge is 2.39. The summed E-state index contributed by atoms with van der Waals surface area (Å²) in [4.78, 5) is 26.0.